The summed E-state index contributed by atoms with van der Waals surface area (Å²) in [4.78, 5) is 17.4. The van der Waals surface area contributed by atoms with Crippen molar-refractivity contribution in [2.75, 3.05) is 5.32 Å². The van der Waals surface area contributed by atoms with Crippen LogP contribution < -0.4 is 5.32 Å². The van der Waals surface area contributed by atoms with Gasteiger partial charge in [0.15, 0.2) is 0 Å². The maximum atomic E-state index is 13.8. The Morgan fingerprint density at radius 1 is 1.12 bits per heavy atom. The largest absolute Gasteiger partial charge is 0.321 e. The Morgan fingerprint density at radius 2 is 2.00 bits per heavy atom. The molecule has 118 valence electrons. The molecule has 5 heteroatoms. The first-order valence-electron chi connectivity index (χ1n) is 7.47. The fourth-order valence-corrected chi connectivity index (χ4v) is 3.71. The van der Waals surface area contributed by atoms with E-state index >= 15 is 0 Å². The molecule has 0 spiro atoms. The van der Waals surface area contributed by atoms with E-state index in [4.69, 9.17) is 0 Å². The molecule has 2 aromatic carbocycles. The Morgan fingerprint density at radius 3 is 2.83 bits per heavy atom. The Kier molecular flexibility index (Phi) is 3.50. The fourth-order valence-electron chi connectivity index (χ4n) is 2.74. The summed E-state index contributed by atoms with van der Waals surface area (Å²) in [6.45, 7) is 1.98. The van der Waals surface area contributed by atoms with Crippen molar-refractivity contribution in [3.8, 4) is 0 Å². The number of carbonyl (C=O) groups is 1. The number of thiophene rings is 1. The molecule has 3 nitrogen and oxygen atoms in total. The molecule has 0 fully saturated rings. The van der Waals surface area contributed by atoms with Crippen LogP contribution in [0.25, 0.3) is 21.0 Å². The van der Waals surface area contributed by atoms with E-state index in [0.29, 0.717) is 16.0 Å². The van der Waals surface area contributed by atoms with Crippen molar-refractivity contribution in [1.29, 1.82) is 0 Å². The number of nitrogens with one attached hydrogen (secondary N) is 1. The number of rotatable bonds is 2. The van der Waals surface area contributed by atoms with Gasteiger partial charge in [-0.15, -0.1) is 11.3 Å². The second-order valence-corrected chi connectivity index (χ2v) is 6.63. The molecule has 4 aromatic rings. The first kappa shape index (κ1) is 14.8. The Labute approximate surface area is 141 Å². The molecule has 4 rings (SSSR count). The highest BCUT2D eigenvalue weighted by Crippen LogP contribution is 2.29. The number of fused-ring (bicyclic) bond motifs is 2. The zero-order chi connectivity index (χ0) is 16.7. The number of amides is 1. The second-order valence-electron chi connectivity index (χ2n) is 5.55. The van der Waals surface area contributed by atoms with E-state index in [2.05, 4.69) is 10.3 Å². The van der Waals surface area contributed by atoms with Gasteiger partial charge in [0, 0.05) is 21.7 Å². The quantitative estimate of drug-likeness (QED) is 0.550. The van der Waals surface area contributed by atoms with Crippen LogP contribution in [0.2, 0.25) is 0 Å². The number of hydrogen-bond donors (Lipinski definition) is 1. The number of halogens is 1. The average molecular weight is 336 g/mol. The third kappa shape index (κ3) is 2.43. The first-order chi connectivity index (χ1) is 11.6. The van der Waals surface area contributed by atoms with E-state index in [1.165, 1.54) is 17.4 Å². The number of hydrogen-bond acceptors (Lipinski definition) is 3. The standard InChI is InChI=1S/C19H13FN2OS/c1-11-7-8-15(12-4-3-9-21-18(11)12)22-19(23)17-10-13-14(20)5-2-6-16(13)24-17/h2-10H,1H3,(H,22,23). The van der Waals surface area contributed by atoms with E-state index in [1.807, 2.05) is 37.3 Å². The number of carbonyl (C=O) groups excluding carboxylic acids is 1. The van der Waals surface area contributed by atoms with Gasteiger partial charge in [0.2, 0.25) is 0 Å². The molecule has 2 heterocycles. The molecule has 0 atom stereocenters. The molecule has 0 aliphatic rings. The minimum atomic E-state index is -0.312. The Balaban J connectivity index is 1.73. The lowest BCUT2D eigenvalue weighted by Crippen LogP contribution is -2.10. The highest BCUT2D eigenvalue weighted by molar-refractivity contribution is 7.20. The van der Waals surface area contributed by atoms with Crippen molar-refractivity contribution < 1.29 is 9.18 Å². The lowest BCUT2D eigenvalue weighted by molar-refractivity contribution is 0.103. The second kappa shape index (κ2) is 5.69. The van der Waals surface area contributed by atoms with Gasteiger partial charge in [-0.1, -0.05) is 12.1 Å². The summed E-state index contributed by atoms with van der Waals surface area (Å²) in [5.74, 6) is -0.558. The van der Waals surface area contributed by atoms with Crippen molar-refractivity contribution in [3.05, 3.63) is 71.0 Å². The third-order valence-corrected chi connectivity index (χ3v) is 5.05. The van der Waals surface area contributed by atoms with Gasteiger partial charge in [0.25, 0.3) is 5.91 Å². The van der Waals surface area contributed by atoms with Crippen molar-refractivity contribution in [2.24, 2.45) is 0 Å². The van der Waals surface area contributed by atoms with Crippen LogP contribution in [0.3, 0.4) is 0 Å². The minimum Gasteiger partial charge on any atom is -0.321 e. The van der Waals surface area contributed by atoms with Crippen LogP contribution in [0, 0.1) is 12.7 Å². The summed E-state index contributed by atoms with van der Waals surface area (Å²) in [5.41, 5.74) is 2.61. The molecule has 2 aromatic heterocycles. The monoisotopic (exact) mass is 336 g/mol. The predicted molar refractivity (Wildman–Crippen MR) is 96.2 cm³/mol. The van der Waals surface area contributed by atoms with Crippen LogP contribution in [-0.2, 0) is 0 Å². The van der Waals surface area contributed by atoms with Crippen molar-refractivity contribution in [1.82, 2.24) is 4.98 Å². The van der Waals surface area contributed by atoms with Crippen LogP contribution in [0.1, 0.15) is 15.2 Å². The van der Waals surface area contributed by atoms with Gasteiger partial charge >= 0.3 is 0 Å². The van der Waals surface area contributed by atoms with Crippen LogP contribution in [0.5, 0.6) is 0 Å². The molecule has 0 unspecified atom stereocenters. The van der Waals surface area contributed by atoms with Crippen molar-refractivity contribution >= 4 is 43.9 Å². The van der Waals surface area contributed by atoms with E-state index in [0.717, 1.165) is 21.2 Å². The van der Waals surface area contributed by atoms with Crippen LogP contribution in [0.4, 0.5) is 10.1 Å². The predicted octanol–water partition coefficient (Wildman–Crippen LogP) is 5.15. The molecule has 0 saturated carbocycles. The van der Waals surface area contributed by atoms with Crippen molar-refractivity contribution in [3.63, 3.8) is 0 Å². The highest BCUT2D eigenvalue weighted by atomic mass is 32.1. The van der Waals surface area contributed by atoms with E-state index < -0.39 is 0 Å². The molecule has 1 amide bonds. The zero-order valence-electron chi connectivity index (χ0n) is 12.8. The Bertz CT molecular complexity index is 1090. The topological polar surface area (TPSA) is 42.0 Å². The number of benzene rings is 2. The van der Waals surface area contributed by atoms with Gasteiger partial charge in [0.1, 0.15) is 5.82 Å². The summed E-state index contributed by atoms with van der Waals surface area (Å²) in [5, 5.41) is 4.28. The molecule has 0 aliphatic heterocycles. The molecule has 0 saturated heterocycles. The number of aryl methyl sites for hydroxylation is 1. The fraction of sp³-hybridized carbons (Fsp3) is 0.0526. The van der Waals surface area contributed by atoms with Crippen LogP contribution in [0.15, 0.2) is 54.7 Å². The Hall–Kier alpha value is -2.79. The average Bonchev–Trinajstić information content (AvgIpc) is 3.03. The lowest BCUT2D eigenvalue weighted by Gasteiger charge is -2.09. The number of anilines is 1. The van der Waals surface area contributed by atoms with Crippen molar-refractivity contribution in [2.45, 2.75) is 6.92 Å². The summed E-state index contributed by atoms with van der Waals surface area (Å²) < 4.78 is 14.6. The van der Waals surface area contributed by atoms with E-state index in [1.54, 1.807) is 18.3 Å². The molecular formula is C19H13FN2OS. The highest BCUT2D eigenvalue weighted by Gasteiger charge is 2.14. The maximum absolute atomic E-state index is 13.8. The number of nitrogens with zero attached hydrogens (tertiary/aromatic N) is 1. The molecule has 0 radical (unpaired) electrons. The van der Waals surface area contributed by atoms with E-state index in [9.17, 15) is 9.18 Å². The van der Waals surface area contributed by atoms with E-state index in [-0.39, 0.29) is 11.7 Å². The van der Waals surface area contributed by atoms with Gasteiger partial charge in [-0.25, -0.2) is 4.39 Å². The minimum absolute atomic E-state index is 0.246. The lowest BCUT2D eigenvalue weighted by atomic mass is 10.1. The SMILES string of the molecule is Cc1ccc(NC(=O)c2cc3c(F)cccc3s2)c2cccnc12. The summed E-state index contributed by atoms with van der Waals surface area (Å²) in [7, 11) is 0. The summed E-state index contributed by atoms with van der Waals surface area (Å²) >= 11 is 1.28. The number of pyridine rings is 1. The summed E-state index contributed by atoms with van der Waals surface area (Å²) in [6.07, 6.45) is 1.73. The molecule has 0 aliphatic carbocycles. The molecular weight excluding hydrogens is 323 g/mol. The zero-order valence-corrected chi connectivity index (χ0v) is 13.7. The molecule has 1 N–H and O–H groups in total. The number of aromatic nitrogens is 1. The van der Waals surface area contributed by atoms with Gasteiger partial charge in [-0.05, 0) is 48.9 Å². The molecule has 0 bridgehead atoms. The summed E-state index contributed by atoms with van der Waals surface area (Å²) in [6, 6.07) is 14.0. The van der Waals surface area contributed by atoms with Gasteiger partial charge in [-0.3, -0.25) is 9.78 Å². The van der Waals surface area contributed by atoms with Gasteiger partial charge in [0.05, 0.1) is 16.1 Å². The smallest absolute Gasteiger partial charge is 0.265 e. The normalized spacial score (nSPS) is 11.1. The first-order valence-corrected chi connectivity index (χ1v) is 8.29. The maximum Gasteiger partial charge on any atom is 0.265 e. The van der Waals surface area contributed by atoms with Crippen LogP contribution >= 0.6 is 11.3 Å². The van der Waals surface area contributed by atoms with Gasteiger partial charge < -0.3 is 5.32 Å². The van der Waals surface area contributed by atoms with Crippen LogP contribution in [-0.4, -0.2) is 10.9 Å². The molecule has 24 heavy (non-hydrogen) atoms. The van der Waals surface area contributed by atoms with Gasteiger partial charge in [-0.2, -0.15) is 0 Å². The third-order valence-electron chi connectivity index (χ3n) is 3.95.